The van der Waals surface area contributed by atoms with E-state index in [1.807, 2.05) is 10.8 Å². The largest absolute Gasteiger partial charge is 0.349 e. The molecule has 0 rings (SSSR count). The van der Waals surface area contributed by atoms with E-state index in [2.05, 4.69) is 0 Å². The van der Waals surface area contributed by atoms with Gasteiger partial charge in [0.2, 0.25) is 11.8 Å². The third kappa shape index (κ3) is 9.41. The van der Waals surface area contributed by atoms with Gasteiger partial charge >= 0.3 is 0 Å². The third-order valence-electron chi connectivity index (χ3n) is 2.11. The van der Waals surface area contributed by atoms with Crippen LogP contribution >= 0.6 is 23.5 Å². The number of hydrogen-bond acceptors (Lipinski definition) is 4. The van der Waals surface area contributed by atoms with Crippen LogP contribution in [0, 0.1) is 0 Å². The van der Waals surface area contributed by atoms with Gasteiger partial charge in [0.05, 0.1) is 0 Å². The Hall–Kier alpha value is -0.620. The summed E-state index contributed by atoms with van der Waals surface area (Å²) in [5, 5.41) is 3.96. The lowest BCUT2D eigenvalue weighted by Crippen LogP contribution is -2.21. The molecule has 0 saturated heterocycles. The summed E-state index contributed by atoms with van der Waals surface area (Å²) in [6, 6.07) is 0. The van der Waals surface area contributed by atoms with Crippen molar-refractivity contribution in [2.24, 2.45) is 0 Å². The van der Waals surface area contributed by atoms with Gasteiger partial charge in [0.25, 0.3) is 0 Å². The molecule has 104 valence electrons. The lowest BCUT2D eigenvalue weighted by Gasteiger charge is -2.08. The zero-order valence-corrected chi connectivity index (χ0v) is 13.1. The van der Waals surface area contributed by atoms with Gasteiger partial charge in [-0.25, -0.2) is 0 Å². The standard InChI is InChI=1S/C12H22N2O2S2/c1-13(2)11(15)5-7-17-9-10-18-8-6-12(16)14(3)4/h9-10H,5-8H2,1-4H3. The van der Waals surface area contributed by atoms with Gasteiger partial charge in [0.1, 0.15) is 0 Å². The monoisotopic (exact) mass is 290 g/mol. The Balaban J connectivity index is 3.45. The average molecular weight is 290 g/mol. The number of carbonyl (C=O) groups is 2. The fraction of sp³-hybridized carbons (Fsp3) is 0.667. The number of nitrogens with zero attached hydrogens (tertiary/aromatic N) is 2. The Morgan fingerprint density at radius 2 is 1.17 bits per heavy atom. The van der Waals surface area contributed by atoms with E-state index >= 15 is 0 Å². The van der Waals surface area contributed by atoms with E-state index in [4.69, 9.17) is 0 Å². The first-order chi connectivity index (χ1) is 8.45. The maximum absolute atomic E-state index is 11.3. The van der Waals surface area contributed by atoms with Crippen molar-refractivity contribution in [3.8, 4) is 0 Å². The van der Waals surface area contributed by atoms with Crippen molar-refractivity contribution < 1.29 is 9.59 Å². The van der Waals surface area contributed by atoms with Crippen LogP contribution < -0.4 is 0 Å². The highest BCUT2D eigenvalue weighted by Crippen LogP contribution is 2.11. The van der Waals surface area contributed by atoms with Gasteiger partial charge in [-0.15, -0.1) is 23.5 Å². The smallest absolute Gasteiger partial charge is 0.222 e. The second kappa shape index (κ2) is 10.3. The van der Waals surface area contributed by atoms with Crippen LogP contribution in [0.25, 0.3) is 0 Å². The molecule has 0 unspecified atom stereocenters. The van der Waals surface area contributed by atoms with Crippen LogP contribution in [-0.4, -0.2) is 61.3 Å². The highest BCUT2D eigenvalue weighted by molar-refractivity contribution is 8.05. The SMILES string of the molecule is CN(C)C(=O)CCSC=CSCCC(=O)N(C)C. The third-order valence-corrected chi connectivity index (χ3v) is 3.82. The van der Waals surface area contributed by atoms with E-state index in [1.54, 1.807) is 61.5 Å². The second-order valence-electron chi connectivity index (χ2n) is 4.09. The van der Waals surface area contributed by atoms with Crippen molar-refractivity contribution in [1.29, 1.82) is 0 Å². The molecule has 18 heavy (non-hydrogen) atoms. The van der Waals surface area contributed by atoms with E-state index in [1.165, 1.54) is 0 Å². The van der Waals surface area contributed by atoms with Crippen molar-refractivity contribution in [3.63, 3.8) is 0 Å². The van der Waals surface area contributed by atoms with E-state index < -0.39 is 0 Å². The second-order valence-corrected chi connectivity index (χ2v) is 6.12. The molecule has 0 heterocycles. The molecule has 0 aromatic carbocycles. The summed E-state index contributed by atoms with van der Waals surface area (Å²) >= 11 is 3.24. The van der Waals surface area contributed by atoms with Crippen LogP contribution in [0.4, 0.5) is 0 Å². The van der Waals surface area contributed by atoms with Crippen molar-refractivity contribution >= 4 is 35.3 Å². The molecule has 0 aliphatic heterocycles. The fourth-order valence-electron chi connectivity index (χ4n) is 0.954. The minimum absolute atomic E-state index is 0.153. The normalized spacial score (nSPS) is 10.7. The highest BCUT2D eigenvalue weighted by atomic mass is 32.2. The zero-order valence-electron chi connectivity index (χ0n) is 11.5. The van der Waals surface area contributed by atoms with Crippen LogP contribution in [-0.2, 0) is 9.59 Å². The van der Waals surface area contributed by atoms with Crippen LogP contribution in [0.3, 0.4) is 0 Å². The first-order valence-corrected chi connectivity index (χ1v) is 7.83. The summed E-state index contributed by atoms with van der Waals surface area (Å²) in [4.78, 5) is 25.7. The molecule has 0 N–H and O–H groups in total. The molecule has 0 aromatic rings. The first kappa shape index (κ1) is 17.4. The predicted octanol–water partition coefficient (Wildman–Crippen LogP) is 1.88. The summed E-state index contributed by atoms with van der Waals surface area (Å²) in [6.07, 6.45) is 1.12. The number of carbonyl (C=O) groups excluding carboxylic acids is 2. The van der Waals surface area contributed by atoms with E-state index in [-0.39, 0.29) is 11.8 Å². The lowest BCUT2D eigenvalue weighted by molar-refractivity contribution is -0.128. The Morgan fingerprint density at radius 3 is 1.44 bits per heavy atom. The minimum atomic E-state index is 0.153. The molecule has 0 aromatic heterocycles. The maximum Gasteiger partial charge on any atom is 0.222 e. The van der Waals surface area contributed by atoms with Crippen molar-refractivity contribution in [2.75, 3.05) is 39.7 Å². The summed E-state index contributed by atoms with van der Waals surface area (Å²) in [5.41, 5.74) is 0. The zero-order chi connectivity index (χ0) is 14.0. The summed E-state index contributed by atoms with van der Waals surface area (Å²) in [6.45, 7) is 0. The quantitative estimate of drug-likeness (QED) is 0.640. The van der Waals surface area contributed by atoms with E-state index in [0.717, 1.165) is 11.5 Å². The van der Waals surface area contributed by atoms with Crippen LogP contribution in [0.5, 0.6) is 0 Å². The van der Waals surface area contributed by atoms with Gasteiger partial charge in [-0.2, -0.15) is 0 Å². The Bertz CT molecular complexity index is 264. The first-order valence-electron chi connectivity index (χ1n) is 5.73. The van der Waals surface area contributed by atoms with Gasteiger partial charge in [0, 0.05) is 52.5 Å². The molecular formula is C12H22N2O2S2. The van der Waals surface area contributed by atoms with Crippen LogP contribution in [0.2, 0.25) is 0 Å². The van der Waals surface area contributed by atoms with Crippen molar-refractivity contribution in [1.82, 2.24) is 9.80 Å². The number of rotatable bonds is 8. The van der Waals surface area contributed by atoms with Gasteiger partial charge in [-0.1, -0.05) is 0 Å². The van der Waals surface area contributed by atoms with Gasteiger partial charge < -0.3 is 9.80 Å². The Labute approximate surface area is 118 Å². The maximum atomic E-state index is 11.3. The molecule has 0 aliphatic rings. The molecule has 0 atom stereocenters. The molecule has 0 radical (unpaired) electrons. The molecule has 0 bridgehead atoms. The summed E-state index contributed by atoms with van der Waals surface area (Å²) in [7, 11) is 7.06. The number of amides is 2. The van der Waals surface area contributed by atoms with Gasteiger partial charge in [-0.3, -0.25) is 9.59 Å². The van der Waals surface area contributed by atoms with E-state index in [9.17, 15) is 9.59 Å². The molecule has 0 fully saturated rings. The molecule has 6 heteroatoms. The Morgan fingerprint density at radius 1 is 0.833 bits per heavy atom. The summed E-state index contributed by atoms with van der Waals surface area (Å²) < 4.78 is 0. The number of thioether (sulfide) groups is 2. The number of hydrogen-bond donors (Lipinski definition) is 0. The highest BCUT2D eigenvalue weighted by Gasteiger charge is 2.02. The van der Waals surface area contributed by atoms with Crippen molar-refractivity contribution in [2.45, 2.75) is 12.8 Å². The van der Waals surface area contributed by atoms with Crippen LogP contribution in [0.1, 0.15) is 12.8 Å². The predicted molar refractivity (Wildman–Crippen MR) is 80.7 cm³/mol. The van der Waals surface area contributed by atoms with Gasteiger partial charge in [-0.05, 0) is 10.8 Å². The summed E-state index contributed by atoms with van der Waals surface area (Å²) in [5.74, 6) is 1.90. The molecule has 2 amide bonds. The molecular weight excluding hydrogens is 268 g/mol. The van der Waals surface area contributed by atoms with Gasteiger partial charge in [0.15, 0.2) is 0 Å². The molecule has 0 saturated carbocycles. The van der Waals surface area contributed by atoms with Crippen LogP contribution in [0.15, 0.2) is 10.8 Å². The molecule has 0 aliphatic carbocycles. The molecule has 0 spiro atoms. The fourth-order valence-corrected chi connectivity index (χ4v) is 2.44. The van der Waals surface area contributed by atoms with Crippen molar-refractivity contribution in [3.05, 3.63) is 10.8 Å². The lowest BCUT2D eigenvalue weighted by atomic mass is 10.4. The topological polar surface area (TPSA) is 40.6 Å². The Kier molecular flexibility index (Phi) is 9.96. The minimum Gasteiger partial charge on any atom is -0.349 e. The average Bonchev–Trinajstić information content (AvgIpc) is 2.31. The molecule has 4 nitrogen and oxygen atoms in total. The van der Waals surface area contributed by atoms with E-state index in [0.29, 0.717) is 12.8 Å².